The molecule has 1 heterocycles. The number of rotatable bonds is 0. The van der Waals surface area contributed by atoms with Crippen LogP contribution >= 0.6 is 0 Å². The maximum absolute atomic E-state index is 12.9. The van der Waals surface area contributed by atoms with E-state index in [4.69, 9.17) is 0 Å². The summed E-state index contributed by atoms with van der Waals surface area (Å²) in [7, 11) is 3.43. The molecule has 1 saturated heterocycles. The van der Waals surface area contributed by atoms with E-state index < -0.39 is 12.2 Å². The Hall–Kier alpha value is 0.924. The third-order valence-corrected chi connectivity index (χ3v) is 3.05. The minimum Gasteiger partial charge on any atom is -1.00 e. The van der Waals surface area contributed by atoms with Gasteiger partial charge in [-0.05, 0) is 20.6 Å². The van der Waals surface area contributed by atoms with Crippen LogP contribution < -0.4 is 35.4 Å². The Morgan fingerprint density at radius 3 is 2.05 bits per heavy atom. The first kappa shape index (κ1) is 26.8. The zero-order valence-corrected chi connectivity index (χ0v) is 15.3. The molecule has 1 aliphatic rings. The number of likely N-dealkylation sites (N-methyl/N-ethyl adjacent to an activating group) is 2. The number of alkyl halides is 3. The summed E-state index contributed by atoms with van der Waals surface area (Å²) in [5, 5.41) is 6.02. The second-order valence-electron chi connectivity index (χ2n) is 4.60. The normalized spacial score (nSPS) is 21.0. The zero-order chi connectivity index (χ0) is 13.6. The number of nitrogens with zero attached hydrogens (tertiary/aromatic N) is 2. The maximum Gasteiger partial charge on any atom is 3.00 e. The third kappa shape index (κ3) is 11.2. The Labute approximate surface area is 152 Å². The van der Waals surface area contributed by atoms with Gasteiger partial charge in [0.25, 0.3) is 6.18 Å². The SMILES string of the molecule is CN1CCNCCNC[C-](C(F)(F)F)N(C)CC1.[Cl-].[Cl-].[Ti+3]. The molecule has 0 unspecified atom stereocenters. The van der Waals surface area contributed by atoms with Crippen molar-refractivity contribution < 1.29 is 59.7 Å². The van der Waals surface area contributed by atoms with Crippen LogP contribution in [0.25, 0.3) is 0 Å². The number of hydrogen-bond donors (Lipinski definition) is 2. The average molecular weight is 386 g/mol. The zero-order valence-electron chi connectivity index (χ0n) is 12.2. The van der Waals surface area contributed by atoms with Crippen LogP contribution in [0.1, 0.15) is 0 Å². The van der Waals surface area contributed by atoms with E-state index in [0.717, 1.165) is 13.1 Å². The van der Waals surface area contributed by atoms with Crippen LogP contribution in [0.15, 0.2) is 0 Å². The van der Waals surface area contributed by atoms with Gasteiger partial charge in [0, 0.05) is 32.7 Å². The van der Waals surface area contributed by atoms with Gasteiger partial charge in [-0.3, -0.25) is 0 Å². The average Bonchev–Trinajstić information content (AvgIpc) is 2.26. The van der Waals surface area contributed by atoms with Crippen molar-refractivity contribution in [3.05, 3.63) is 6.04 Å². The summed E-state index contributed by atoms with van der Waals surface area (Å²) in [5.74, 6) is 0. The van der Waals surface area contributed by atoms with Gasteiger partial charge in [-0.1, -0.05) is 0 Å². The van der Waals surface area contributed by atoms with Crippen molar-refractivity contribution in [3.8, 4) is 0 Å². The molecule has 2 N–H and O–H groups in total. The summed E-state index contributed by atoms with van der Waals surface area (Å²) in [6.07, 6.45) is -4.27. The van der Waals surface area contributed by atoms with Crippen molar-refractivity contribution in [2.24, 2.45) is 0 Å². The van der Waals surface area contributed by atoms with Gasteiger partial charge in [-0.15, -0.1) is 12.6 Å². The number of halogens is 5. The van der Waals surface area contributed by atoms with E-state index >= 15 is 0 Å². The van der Waals surface area contributed by atoms with E-state index in [9.17, 15) is 13.2 Å². The molecule has 1 radical (unpaired) electrons. The van der Waals surface area contributed by atoms with E-state index in [1.54, 1.807) is 0 Å². The minimum absolute atomic E-state index is 0. The van der Waals surface area contributed by atoms with Crippen molar-refractivity contribution in [1.29, 1.82) is 0 Å². The van der Waals surface area contributed by atoms with Crippen LogP contribution in [0.3, 0.4) is 0 Å². The quantitative estimate of drug-likeness (QED) is 0.321. The van der Waals surface area contributed by atoms with Gasteiger partial charge in [0.15, 0.2) is 0 Å². The second-order valence-corrected chi connectivity index (χ2v) is 4.60. The molecule has 0 aliphatic carbocycles. The van der Waals surface area contributed by atoms with Crippen molar-refractivity contribution in [1.82, 2.24) is 20.4 Å². The fourth-order valence-electron chi connectivity index (χ4n) is 1.80. The molecule has 0 aromatic carbocycles. The van der Waals surface area contributed by atoms with Crippen LogP contribution in [-0.2, 0) is 21.7 Å². The topological polar surface area (TPSA) is 30.5 Å². The van der Waals surface area contributed by atoms with Crippen LogP contribution in [0.4, 0.5) is 13.2 Å². The largest absolute Gasteiger partial charge is 3.00 e. The molecule has 0 spiro atoms. The van der Waals surface area contributed by atoms with Crippen molar-refractivity contribution in [2.75, 3.05) is 59.9 Å². The van der Waals surface area contributed by atoms with E-state index in [1.165, 1.54) is 11.9 Å². The van der Waals surface area contributed by atoms with Gasteiger partial charge in [0.05, 0.1) is 0 Å². The summed E-state index contributed by atoms with van der Waals surface area (Å²) in [6, 6.07) is -0.503. The minimum atomic E-state index is -4.27. The van der Waals surface area contributed by atoms with Crippen LogP contribution in [-0.4, -0.2) is 75.9 Å². The smallest absolute Gasteiger partial charge is 1.00 e. The van der Waals surface area contributed by atoms with E-state index in [-0.39, 0.29) is 53.1 Å². The second kappa shape index (κ2) is 13.4. The predicted octanol–water partition coefficient (Wildman–Crippen LogP) is -5.86. The van der Waals surface area contributed by atoms with E-state index in [0.29, 0.717) is 26.2 Å². The Morgan fingerprint density at radius 2 is 1.48 bits per heavy atom. The molecule has 10 heteroatoms. The van der Waals surface area contributed by atoms with E-state index in [1.807, 2.05) is 11.9 Å². The van der Waals surface area contributed by atoms with Gasteiger partial charge in [-0.2, -0.15) is 0 Å². The van der Waals surface area contributed by atoms with Crippen molar-refractivity contribution in [3.63, 3.8) is 0 Å². The molecule has 4 nitrogen and oxygen atoms in total. The molecular formula is C11H22Cl2F3N4Ti. The molecule has 1 fully saturated rings. The molecule has 0 atom stereocenters. The summed E-state index contributed by atoms with van der Waals surface area (Å²) in [6.45, 7) is 3.79. The Kier molecular flexibility index (Phi) is 17.1. The summed E-state index contributed by atoms with van der Waals surface area (Å²) in [4.78, 5) is 3.34. The summed E-state index contributed by atoms with van der Waals surface area (Å²) in [5.41, 5.74) is 0. The van der Waals surface area contributed by atoms with Gasteiger partial charge in [0.2, 0.25) is 0 Å². The van der Waals surface area contributed by atoms with Gasteiger partial charge in [0.1, 0.15) is 0 Å². The first-order valence-electron chi connectivity index (χ1n) is 6.15. The first-order valence-corrected chi connectivity index (χ1v) is 6.15. The molecule has 0 aromatic rings. The molecule has 1 aliphatic heterocycles. The fourth-order valence-corrected chi connectivity index (χ4v) is 1.80. The van der Waals surface area contributed by atoms with Gasteiger partial charge in [-0.25, -0.2) is 13.2 Å². The van der Waals surface area contributed by atoms with Crippen LogP contribution in [0.5, 0.6) is 0 Å². The summed E-state index contributed by atoms with van der Waals surface area (Å²) < 4.78 is 38.6. The fraction of sp³-hybridized carbons (Fsp3) is 0.909. The Bertz CT molecular complexity index is 250. The van der Waals surface area contributed by atoms with E-state index in [2.05, 4.69) is 10.6 Å². The molecule has 1 rings (SSSR count). The van der Waals surface area contributed by atoms with Gasteiger partial charge < -0.3 is 45.2 Å². The maximum atomic E-state index is 12.9. The molecular weight excluding hydrogens is 364 g/mol. The Morgan fingerprint density at radius 1 is 0.905 bits per heavy atom. The predicted molar refractivity (Wildman–Crippen MR) is 65.2 cm³/mol. The monoisotopic (exact) mass is 385 g/mol. The van der Waals surface area contributed by atoms with Crippen molar-refractivity contribution in [2.45, 2.75) is 6.18 Å². The Balaban J connectivity index is -0.00000108. The van der Waals surface area contributed by atoms with Crippen molar-refractivity contribution >= 4 is 0 Å². The summed E-state index contributed by atoms with van der Waals surface area (Å²) >= 11 is 0. The molecule has 125 valence electrons. The van der Waals surface area contributed by atoms with Crippen LogP contribution in [0, 0.1) is 6.04 Å². The number of hydrogen-bond acceptors (Lipinski definition) is 4. The third-order valence-electron chi connectivity index (χ3n) is 3.05. The standard InChI is InChI=1S/C11H22F3N4.2ClH.Ti/c1-17-6-5-15-3-4-16-9-10(11(12,13)14)18(2)8-7-17;;;/h15-16H,3-9H2,1-2H3;2*1H;/q-1;;;+3/p-2. The molecule has 0 saturated carbocycles. The first-order chi connectivity index (χ1) is 8.41. The molecule has 0 amide bonds. The molecule has 0 bridgehead atoms. The molecule has 0 aromatic heterocycles. The van der Waals surface area contributed by atoms with Crippen LogP contribution in [0.2, 0.25) is 0 Å². The number of nitrogens with one attached hydrogen (secondary N) is 2. The van der Waals surface area contributed by atoms with Gasteiger partial charge >= 0.3 is 21.7 Å². The molecule has 21 heavy (non-hydrogen) atoms.